The van der Waals surface area contributed by atoms with E-state index in [0.717, 1.165) is 29.7 Å². The predicted octanol–water partition coefficient (Wildman–Crippen LogP) is 4.14. The second kappa shape index (κ2) is 8.00. The van der Waals surface area contributed by atoms with Gasteiger partial charge in [-0.1, -0.05) is 30.2 Å². The Morgan fingerprint density at radius 1 is 1.11 bits per heavy atom. The van der Waals surface area contributed by atoms with Crippen molar-refractivity contribution in [1.82, 2.24) is 4.31 Å². The summed E-state index contributed by atoms with van der Waals surface area (Å²) in [5.41, 5.74) is 2.69. The van der Waals surface area contributed by atoms with Crippen molar-refractivity contribution in [2.24, 2.45) is 0 Å². The number of carbonyl (C=O) groups is 1. The number of amides is 1. The third-order valence-electron chi connectivity index (χ3n) is 4.83. The third-order valence-corrected chi connectivity index (χ3v) is 7.00. The van der Waals surface area contributed by atoms with Crippen LogP contribution in [0.5, 0.6) is 0 Å². The molecule has 0 radical (unpaired) electrons. The van der Waals surface area contributed by atoms with E-state index in [9.17, 15) is 13.2 Å². The van der Waals surface area contributed by atoms with Crippen molar-refractivity contribution >= 4 is 33.2 Å². The maximum absolute atomic E-state index is 13.1. The van der Waals surface area contributed by atoms with Gasteiger partial charge < -0.3 is 5.32 Å². The first kappa shape index (κ1) is 19.9. The second-order valence-corrected chi connectivity index (χ2v) is 9.22. The van der Waals surface area contributed by atoms with Gasteiger partial charge in [-0.05, 0) is 68.1 Å². The molecule has 5 nitrogen and oxygen atoms in total. The number of sulfonamides is 1. The molecule has 0 spiro atoms. The molecule has 1 atom stereocenters. The van der Waals surface area contributed by atoms with Gasteiger partial charge in [-0.15, -0.1) is 0 Å². The average Bonchev–Trinajstić information content (AvgIpc) is 2.65. The lowest BCUT2D eigenvalue weighted by Gasteiger charge is -2.33. The molecule has 1 aliphatic heterocycles. The van der Waals surface area contributed by atoms with E-state index in [-0.39, 0.29) is 10.8 Å². The molecule has 7 heteroatoms. The molecular formula is C20H23ClN2O3S. The Morgan fingerprint density at radius 3 is 2.52 bits per heavy atom. The van der Waals surface area contributed by atoms with Crippen molar-refractivity contribution in [3.05, 3.63) is 58.6 Å². The summed E-state index contributed by atoms with van der Waals surface area (Å²) in [5.74, 6) is -0.291. The third kappa shape index (κ3) is 4.34. The Bertz CT molecular complexity index is 942. The minimum Gasteiger partial charge on any atom is -0.324 e. The van der Waals surface area contributed by atoms with Gasteiger partial charge in [0.25, 0.3) is 0 Å². The molecule has 3 rings (SSSR count). The number of aryl methyl sites for hydroxylation is 2. The van der Waals surface area contributed by atoms with Crippen LogP contribution in [0.4, 0.5) is 5.69 Å². The smallest absolute Gasteiger partial charge is 0.243 e. The highest BCUT2D eigenvalue weighted by Gasteiger charge is 2.37. The topological polar surface area (TPSA) is 66.5 Å². The summed E-state index contributed by atoms with van der Waals surface area (Å²) >= 11 is 5.87. The van der Waals surface area contributed by atoms with E-state index < -0.39 is 16.1 Å². The van der Waals surface area contributed by atoms with Crippen LogP contribution in [0.2, 0.25) is 5.02 Å². The van der Waals surface area contributed by atoms with E-state index in [0.29, 0.717) is 18.0 Å². The van der Waals surface area contributed by atoms with Gasteiger partial charge in [0, 0.05) is 17.3 Å². The van der Waals surface area contributed by atoms with Gasteiger partial charge >= 0.3 is 0 Å². The molecule has 2 aromatic rings. The van der Waals surface area contributed by atoms with E-state index in [1.807, 2.05) is 32.0 Å². The first-order valence-electron chi connectivity index (χ1n) is 8.94. The van der Waals surface area contributed by atoms with Crippen LogP contribution in [0, 0.1) is 13.8 Å². The van der Waals surface area contributed by atoms with Crippen LogP contribution >= 0.6 is 11.6 Å². The molecule has 1 amide bonds. The van der Waals surface area contributed by atoms with Gasteiger partial charge in [0.2, 0.25) is 15.9 Å². The Labute approximate surface area is 165 Å². The molecular weight excluding hydrogens is 384 g/mol. The summed E-state index contributed by atoms with van der Waals surface area (Å²) < 4.78 is 27.5. The monoisotopic (exact) mass is 406 g/mol. The standard InChI is InChI=1S/C20H23ClN2O3S/c1-14-6-7-15(2)18(13-14)22-20(24)19-5-3-4-12-23(19)27(25,26)17-10-8-16(21)9-11-17/h6-11,13,19H,3-5,12H2,1-2H3,(H,22,24)/t19-/m1/s1. The van der Waals surface area contributed by atoms with Gasteiger partial charge in [0.05, 0.1) is 4.90 Å². The highest BCUT2D eigenvalue weighted by Crippen LogP contribution is 2.27. The number of hydrogen-bond acceptors (Lipinski definition) is 3. The molecule has 1 aliphatic rings. The van der Waals surface area contributed by atoms with E-state index in [1.165, 1.54) is 16.4 Å². The molecule has 0 saturated carbocycles. The van der Waals surface area contributed by atoms with Crippen LogP contribution < -0.4 is 5.32 Å². The van der Waals surface area contributed by atoms with Crippen LogP contribution in [0.25, 0.3) is 0 Å². The number of piperidine rings is 1. The number of benzene rings is 2. The zero-order chi connectivity index (χ0) is 19.6. The molecule has 0 bridgehead atoms. The molecule has 1 saturated heterocycles. The lowest BCUT2D eigenvalue weighted by atomic mass is 10.0. The zero-order valence-corrected chi connectivity index (χ0v) is 17.0. The number of nitrogens with one attached hydrogen (secondary N) is 1. The number of carbonyl (C=O) groups excluding carboxylic acids is 1. The number of anilines is 1. The molecule has 0 aliphatic carbocycles. The fourth-order valence-corrected chi connectivity index (χ4v) is 5.07. The maximum Gasteiger partial charge on any atom is 0.243 e. The van der Waals surface area contributed by atoms with E-state index in [1.54, 1.807) is 12.1 Å². The molecule has 27 heavy (non-hydrogen) atoms. The molecule has 0 aromatic heterocycles. The molecule has 1 fully saturated rings. The minimum absolute atomic E-state index is 0.151. The van der Waals surface area contributed by atoms with Crippen molar-refractivity contribution in [2.45, 2.75) is 44.0 Å². The van der Waals surface area contributed by atoms with Crippen LogP contribution in [0.15, 0.2) is 47.4 Å². The summed E-state index contributed by atoms with van der Waals surface area (Å²) in [6.45, 7) is 4.20. The van der Waals surface area contributed by atoms with Crippen LogP contribution in [0.3, 0.4) is 0 Å². The van der Waals surface area contributed by atoms with Crippen molar-refractivity contribution in [1.29, 1.82) is 0 Å². The van der Waals surface area contributed by atoms with Crippen molar-refractivity contribution in [2.75, 3.05) is 11.9 Å². The van der Waals surface area contributed by atoms with Gasteiger partial charge in [-0.3, -0.25) is 4.79 Å². The normalized spacial score (nSPS) is 18.3. The van der Waals surface area contributed by atoms with Gasteiger partial charge in [-0.25, -0.2) is 8.42 Å². The van der Waals surface area contributed by atoms with Gasteiger partial charge in [0.1, 0.15) is 6.04 Å². The first-order chi connectivity index (χ1) is 12.8. The fourth-order valence-electron chi connectivity index (χ4n) is 3.28. The largest absolute Gasteiger partial charge is 0.324 e. The van der Waals surface area contributed by atoms with E-state index >= 15 is 0 Å². The van der Waals surface area contributed by atoms with Crippen molar-refractivity contribution < 1.29 is 13.2 Å². The van der Waals surface area contributed by atoms with Crippen molar-refractivity contribution in [3.63, 3.8) is 0 Å². The van der Waals surface area contributed by atoms with Crippen LogP contribution in [0.1, 0.15) is 30.4 Å². The number of rotatable bonds is 4. The molecule has 1 N–H and O–H groups in total. The molecule has 144 valence electrons. The van der Waals surface area contributed by atoms with E-state index in [4.69, 9.17) is 11.6 Å². The Balaban J connectivity index is 1.87. The summed E-state index contributed by atoms with van der Waals surface area (Å²) in [7, 11) is -3.77. The maximum atomic E-state index is 13.1. The van der Waals surface area contributed by atoms with Gasteiger partial charge in [-0.2, -0.15) is 4.31 Å². The van der Waals surface area contributed by atoms with Gasteiger partial charge in [0.15, 0.2) is 0 Å². The Morgan fingerprint density at radius 2 is 1.81 bits per heavy atom. The highest BCUT2D eigenvalue weighted by molar-refractivity contribution is 7.89. The Kier molecular flexibility index (Phi) is 5.89. The number of halogens is 1. The predicted molar refractivity (Wildman–Crippen MR) is 108 cm³/mol. The lowest BCUT2D eigenvalue weighted by Crippen LogP contribution is -2.49. The first-order valence-corrected chi connectivity index (χ1v) is 10.8. The molecule has 0 unspecified atom stereocenters. The average molecular weight is 407 g/mol. The lowest BCUT2D eigenvalue weighted by molar-refractivity contribution is -0.120. The summed E-state index contributed by atoms with van der Waals surface area (Å²) in [4.78, 5) is 13.1. The summed E-state index contributed by atoms with van der Waals surface area (Å²) in [6.07, 6.45) is 2.06. The van der Waals surface area contributed by atoms with E-state index in [2.05, 4.69) is 5.32 Å². The molecule has 2 aromatic carbocycles. The zero-order valence-electron chi connectivity index (χ0n) is 15.4. The number of hydrogen-bond donors (Lipinski definition) is 1. The highest BCUT2D eigenvalue weighted by atomic mass is 35.5. The summed E-state index contributed by atoms with van der Waals surface area (Å²) in [6, 6.07) is 11.1. The Hall–Kier alpha value is -1.89. The minimum atomic E-state index is -3.77. The SMILES string of the molecule is Cc1ccc(C)c(NC(=O)[C@H]2CCCCN2S(=O)(=O)c2ccc(Cl)cc2)c1. The number of nitrogens with zero attached hydrogens (tertiary/aromatic N) is 1. The quantitative estimate of drug-likeness (QED) is 0.829. The van der Waals surface area contributed by atoms with Crippen molar-refractivity contribution in [3.8, 4) is 0 Å². The second-order valence-electron chi connectivity index (χ2n) is 6.89. The van der Waals surface area contributed by atoms with Crippen LogP contribution in [-0.2, 0) is 14.8 Å². The fraction of sp³-hybridized carbons (Fsp3) is 0.350. The molecule has 1 heterocycles. The van der Waals surface area contributed by atoms with Crippen LogP contribution in [-0.4, -0.2) is 31.2 Å². The summed E-state index contributed by atoms with van der Waals surface area (Å²) in [5, 5.41) is 3.39.